The molecule has 0 spiro atoms. The lowest BCUT2D eigenvalue weighted by molar-refractivity contribution is 0.0964. The first-order valence-electron chi connectivity index (χ1n) is 8.18. The first-order valence-corrected chi connectivity index (χ1v) is 8.18. The van der Waals surface area contributed by atoms with Gasteiger partial charge in [-0.25, -0.2) is 9.97 Å². The zero-order valence-corrected chi connectivity index (χ0v) is 14.1. The Hall–Kier alpha value is -3.42. The second-order valence-electron chi connectivity index (χ2n) is 6.08. The molecule has 0 atom stereocenters. The molecule has 2 heterocycles. The summed E-state index contributed by atoms with van der Waals surface area (Å²) in [5.74, 6) is 0.0948. The third-order valence-electron chi connectivity index (χ3n) is 4.44. The van der Waals surface area contributed by atoms with Gasteiger partial charge >= 0.3 is 0 Å². The molecule has 2 aromatic heterocycles. The van der Waals surface area contributed by atoms with Gasteiger partial charge in [0, 0.05) is 31.1 Å². The van der Waals surface area contributed by atoms with Gasteiger partial charge in [-0.05, 0) is 0 Å². The van der Waals surface area contributed by atoms with E-state index in [0.717, 1.165) is 5.69 Å². The molecule has 0 radical (unpaired) electrons. The molecule has 1 aliphatic rings. The van der Waals surface area contributed by atoms with Crippen LogP contribution in [0.1, 0.15) is 32.8 Å². The highest BCUT2D eigenvalue weighted by Crippen LogP contribution is 2.22. The number of benzene rings is 1. The molecule has 0 aliphatic heterocycles. The predicted octanol–water partition coefficient (Wildman–Crippen LogP) is 1.40. The number of carbonyl (C=O) groups excluding carboxylic acids is 2. The number of rotatable bonds is 3. The number of nitrogen functional groups attached to an aromatic ring is 1. The average molecular weight is 348 g/mol. The van der Waals surface area contributed by atoms with Crippen molar-refractivity contribution in [1.29, 1.82) is 0 Å². The number of nitrogens with two attached hydrogens (primary N) is 1. The Morgan fingerprint density at radius 1 is 1.19 bits per heavy atom. The maximum Gasteiger partial charge on any atom is 0.207 e. The Labute approximate surface area is 148 Å². The highest BCUT2D eigenvalue weighted by atomic mass is 16.1. The van der Waals surface area contributed by atoms with Crippen LogP contribution in [0.4, 0.5) is 5.82 Å². The van der Waals surface area contributed by atoms with Gasteiger partial charge < -0.3 is 5.73 Å². The molecule has 4 rings (SSSR count). The van der Waals surface area contributed by atoms with Crippen molar-refractivity contribution in [2.75, 3.05) is 12.3 Å². The van der Waals surface area contributed by atoms with E-state index in [1.807, 2.05) is 0 Å². The summed E-state index contributed by atoms with van der Waals surface area (Å²) in [4.78, 5) is 37.3. The van der Waals surface area contributed by atoms with E-state index < -0.39 is 0 Å². The van der Waals surface area contributed by atoms with Crippen LogP contribution < -0.4 is 5.73 Å². The molecule has 0 saturated carbocycles. The summed E-state index contributed by atoms with van der Waals surface area (Å²) in [7, 11) is 1.78. The van der Waals surface area contributed by atoms with Crippen LogP contribution in [0.3, 0.4) is 0 Å². The Morgan fingerprint density at radius 2 is 1.96 bits per heavy atom. The van der Waals surface area contributed by atoms with Crippen molar-refractivity contribution >= 4 is 34.1 Å². The molecule has 0 unspecified atom stereocenters. The van der Waals surface area contributed by atoms with Crippen molar-refractivity contribution in [3.05, 3.63) is 47.4 Å². The van der Waals surface area contributed by atoms with Gasteiger partial charge in [0.25, 0.3) is 0 Å². The van der Waals surface area contributed by atoms with Crippen LogP contribution in [0, 0.1) is 0 Å². The Balaban J connectivity index is 1.59. The molecule has 0 saturated heterocycles. The first kappa shape index (κ1) is 16.1. The van der Waals surface area contributed by atoms with E-state index in [-0.39, 0.29) is 23.7 Å². The molecular weight excluding hydrogens is 332 g/mol. The number of Topliss-reactive ketones (excluding diaryl/α,β-unsaturated/α-hetero) is 2. The highest BCUT2D eigenvalue weighted by molar-refractivity contribution is 6.52. The molecule has 2 N–H and O–H groups in total. The lowest BCUT2D eigenvalue weighted by Crippen LogP contribution is -2.27. The minimum absolute atomic E-state index is 0.0318. The first-order chi connectivity index (χ1) is 12.6. The number of hydrogen-bond donors (Lipinski definition) is 1. The van der Waals surface area contributed by atoms with E-state index >= 15 is 0 Å². The van der Waals surface area contributed by atoms with Gasteiger partial charge in [0.1, 0.15) is 12.1 Å². The molecule has 0 amide bonds. The Morgan fingerprint density at radius 3 is 2.77 bits per heavy atom. The van der Waals surface area contributed by atoms with Crippen LogP contribution >= 0.6 is 0 Å². The number of aryl methyl sites for hydroxylation is 1. The summed E-state index contributed by atoms with van der Waals surface area (Å²) in [6.45, 7) is 0.330. The monoisotopic (exact) mass is 348 g/mol. The summed E-state index contributed by atoms with van der Waals surface area (Å²) in [5, 5.41) is 5.12. The van der Waals surface area contributed by atoms with E-state index in [1.54, 1.807) is 36.0 Å². The van der Waals surface area contributed by atoms with Gasteiger partial charge in [0.15, 0.2) is 11.4 Å². The molecule has 1 aromatic carbocycles. The molecule has 0 bridgehead atoms. The quantitative estimate of drug-likeness (QED) is 0.765. The largest absolute Gasteiger partial charge is 0.383 e. The zero-order chi connectivity index (χ0) is 18.3. The van der Waals surface area contributed by atoms with Crippen molar-refractivity contribution in [2.45, 2.75) is 12.8 Å². The summed E-state index contributed by atoms with van der Waals surface area (Å²) in [5.41, 5.74) is 8.49. The van der Waals surface area contributed by atoms with Crippen LogP contribution in [0.15, 0.2) is 35.6 Å². The average Bonchev–Trinajstić information content (AvgIpc) is 2.96. The third kappa shape index (κ3) is 2.55. The fourth-order valence-corrected chi connectivity index (χ4v) is 3.20. The molecule has 8 nitrogen and oxygen atoms in total. The van der Waals surface area contributed by atoms with E-state index in [9.17, 15) is 9.59 Å². The molecule has 8 heteroatoms. The van der Waals surface area contributed by atoms with Gasteiger partial charge in [0.2, 0.25) is 5.78 Å². The minimum atomic E-state index is -0.186. The van der Waals surface area contributed by atoms with Crippen LogP contribution in [0.2, 0.25) is 0 Å². The fraction of sp³-hybridized carbons (Fsp3) is 0.222. The summed E-state index contributed by atoms with van der Waals surface area (Å²) < 4.78 is 1.64. The number of fused-ring (bicyclic) bond motifs is 2. The Bertz CT molecular complexity index is 1080. The molecule has 0 fully saturated rings. The number of ketones is 2. The molecule has 3 aromatic rings. The van der Waals surface area contributed by atoms with Crippen molar-refractivity contribution in [2.24, 2.45) is 12.0 Å². The van der Waals surface area contributed by atoms with Crippen LogP contribution in [0.25, 0.3) is 11.0 Å². The summed E-state index contributed by atoms with van der Waals surface area (Å²) in [6, 6.07) is 6.84. The number of carbonyl (C=O) groups is 2. The Kier molecular flexibility index (Phi) is 3.80. The smallest absolute Gasteiger partial charge is 0.207 e. The lowest BCUT2D eigenvalue weighted by Gasteiger charge is -2.15. The molecule has 130 valence electrons. The van der Waals surface area contributed by atoms with Crippen LogP contribution in [0.5, 0.6) is 0 Å². The topological polar surface area (TPSA) is 116 Å². The maximum atomic E-state index is 12.5. The van der Waals surface area contributed by atoms with Gasteiger partial charge in [-0.1, -0.05) is 24.3 Å². The van der Waals surface area contributed by atoms with Crippen molar-refractivity contribution in [3.8, 4) is 0 Å². The van der Waals surface area contributed by atoms with Crippen molar-refractivity contribution < 1.29 is 9.59 Å². The number of aromatic nitrogens is 4. The number of anilines is 1. The van der Waals surface area contributed by atoms with Gasteiger partial charge in [0.05, 0.1) is 23.2 Å². The van der Waals surface area contributed by atoms with Crippen LogP contribution in [-0.4, -0.2) is 43.6 Å². The van der Waals surface area contributed by atoms with Crippen molar-refractivity contribution in [3.63, 3.8) is 0 Å². The normalized spacial score (nSPS) is 15.7. The minimum Gasteiger partial charge on any atom is -0.383 e. The summed E-state index contributed by atoms with van der Waals surface area (Å²) in [6.07, 6.45) is 1.90. The van der Waals surface area contributed by atoms with E-state index in [0.29, 0.717) is 40.9 Å². The van der Waals surface area contributed by atoms with Gasteiger partial charge in [-0.15, -0.1) is 0 Å². The van der Waals surface area contributed by atoms with Crippen molar-refractivity contribution in [1.82, 2.24) is 19.7 Å². The maximum absolute atomic E-state index is 12.5. The molecule has 1 aliphatic carbocycles. The second-order valence-corrected chi connectivity index (χ2v) is 6.08. The van der Waals surface area contributed by atoms with E-state index in [2.05, 4.69) is 20.1 Å². The molecule has 26 heavy (non-hydrogen) atoms. The standard InChI is InChI=1S/C18H16N6O2/c1-24-18-15(17(19)21-9-22-18)12(23-24)6-7-20-13-8-14(25)10-4-2-3-5-11(10)16(13)26/h2-5,9H,6-8H2,1H3,(H2,19,21,22). The van der Waals surface area contributed by atoms with Gasteiger partial charge in [-0.2, -0.15) is 5.10 Å². The highest BCUT2D eigenvalue weighted by Gasteiger charge is 2.28. The van der Waals surface area contributed by atoms with Crippen LogP contribution in [-0.2, 0) is 13.5 Å². The fourth-order valence-electron chi connectivity index (χ4n) is 3.20. The SMILES string of the molecule is Cn1nc(CCN=C2CC(=O)c3ccccc3C2=O)c2c(N)ncnc21. The third-order valence-corrected chi connectivity index (χ3v) is 4.44. The van der Waals surface area contributed by atoms with E-state index in [4.69, 9.17) is 5.73 Å². The summed E-state index contributed by atoms with van der Waals surface area (Å²) >= 11 is 0. The molecular formula is C18H16N6O2. The zero-order valence-electron chi connectivity index (χ0n) is 14.1. The second kappa shape index (κ2) is 6.14. The lowest BCUT2D eigenvalue weighted by atomic mass is 9.88. The number of nitrogens with zero attached hydrogens (tertiary/aromatic N) is 5. The van der Waals surface area contributed by atoms with Gasteiger partial charge in [-0.3, -0.25) is 19.3 Å². The van der Waals surface area contributed by atoms with E-state index in [1.165, 1.54) is 6.33 Å². The predicted molar refractivity (Wildman–Crippen MR) is 96.4 cm³/mol. The number of hydrogen-bond acceptors (Lipinski definition) is 7. The number of aliphatic imine (C=N–C) groups is 1.